The molecule has 0 atom stereocenters. The third kappa shape index (κ3) is 2.69. The van der Waals surface area contributed by atoms with Crippen molar-refractivity contribution in [2.45, 2.75) is 31.9 Å². The van der Waals surface area contributed by atoms with Crippen molar-refractivity contribution in [2.75, 3.05) is 0 Å². The molecule has 2 rings (SSSR count). The predicted octanol–water partition coefficient (Wildman–Crippen LogP) is 3.93. The van der Waals surface area contributed by atoms with Gasteiger partial charge in [0.25, 0.3) is 0 Å². The van der Waals surface area contributed by atoms with Crippen LogP contribution in [0.25, 0.3) is 10.6 Å². The van der Waals surface area contributed by atoms with Crippen LogP contribution in [0.2, 0.25) is 0 Å². The first-order valence-electron chi connectivity index (χ1n) is 5.54. The second kappa shape index (κ2) is 4.78. The summed E-state index contributed by atoms with van der Waals surface area (Å²) < 4.78 is 0. The molecule has 0 aliphatic carbocycles. The molecular formula is C13H16N2S2. The summed E-state index contributed by atoms with van der Waals surface area (Å²) in [6.07, 6.45) is 3.63. The Labute approximate surface area is 112 Å². The van der Waals surface area contributed by atoms with E-state index in [1.165, 1.54) is 4.88 Å². The van der Waals surface area contributed by atoms with Gasteiger partial charge in [0, 0.05) is 34.0 Å². The normalized spacial score (nSPS) is 11.8. The molecule has 0 aliphatic rings. The van der Waals surface area contributed by atoms with Crippen LogP contribution in [0.5, 0.6) is 0 Å². The Morgan fingerprint density at radius 2 is 2.12 bits per heavy atom. The fourth-order valence-electron chi connectivity index (χ4n) is 1.66. The Kier molecular flexibility index (Phi) is 3.54. The maximum atomic E-state index is 4.75. The van der Waals surface area contributed by atoms with Crippen molar-refractivity contribution in [3.05, 3.63) is 35.1 Å². The summed E-state index contributed by atoms with van der Waals surface area (Å²) in [5.41, 5.74) is 2.29. The van der Waals surface area contributed by atoms with Crippen LogP contribution in [0.1, 0.15) is 31.3 Å². The van der Waals surface area contributed by atoms with Gasteiger partial charge in [-0.1, -0.05) is 20.8 Å². The van der Waals surface area contributed by atoms with Crippen molar-refractivity contribution >= 4 is 24.0 Å². The smallest absolute Gasteiger partial charge is 0.125 e. The molecular weight excluding hydrogens is 248 g/mol. The fraction of sp³-hybridized carbons (Fsp3) is 0.385. The van der Waals surface area contributed by atoms with Crippen LogP contribution in [0, 0.1) is 0 Å². The van der Waals surface area contributed by atoms with Crippen LogP contribution in [-0.4, -0.2) is 9.97 Å². The zero-order valence-electron chi connectivity index (χ0n) is 10.3. The molecule has 4 heteroatoms. The SMILES string of the molecule is CC(C)(C)c1nc(-c2cccnc2)sc1CS. The fourth-order valence-corrected chi connectivity index (χ4v) is 3.12. The highest BCUT2D eigenvalue weighted by Gasteiger charge is 2.22. The summed E-state index contributed by atoms with van der Waals surface area (Å²) in [4.78, 5) is 10.1. The number of pyridine rings is 1. The van der Waals surface area contributed by atoms with E-state index in [0.29, 0.717) is 0 Å². The van der Waals surface area contributed by atoms with E-state index in [0.717, 1.165) is 22.0 Å². The summed E-state index contributed by atoms with van der Waals surface area (Å²) in [6, 6.07) is 3.98. The van der Waals surface area contributed by atoms with Crippen molar-refractivity contribution in [3.8, 4) is 10.6 Å². The third-order valence-electron chi connectivity index (χ3n) is 2.46. The minimum absolute atomic E-state index is 0.0645. The van der Waals surface area contributed by atoms with Gasteiger partial charge in [-0.05, 0) is 12.1 Å². The molecule has 0 fully saturated rings. The first kappa shape index (κ1) is 12.6. The molecule has 90 valence electrons. The van der Waals surface area contributed by atoms with Crippen LogP contribution in [0.4, 0.5) is 0 Å². The maximum absolute atomic E-state index is 4.75. The minimum atomic E-state index is 0.0645. The van der Waals surface area contributed by atoms with Gasteiger partial charge in [-0.15, -0.1) is 11.3 Å². The Morgan fingerprint density at radius 1 is 1.35 bits per heavy atom. The van der Waals surface area contributed by atoms with Crippen molar-refractivity contribution in [1.29, 1.82) is 0 Å². The quantitative estimate of drug-likeness (QED) is 0.832. The Hall–Kier alpha value is -0.870. The molecule has 2 heterocycles. The predicted molar refractivity (Wildman–Crippen MR) is 76.7 cm³/mol. The molecule has 0 aliphatic heterocycles. The molecule has 17 heavy (non-hydrogen) atoms. The lowest BCUT2D eigenvalue weighted by molar-refractivity contribution is 0.569. The maximum Gasteiger partial charge on any atom is 0.125 e. The highest BCUT2D eigenvalue weighted by atomic mass is 32.1. The number of rotatable bonds is 2. The Balaban J connectivity index is 2.49. The number of hydrogen-bond donors (Lipinski definition) is 1. The second-order valence-corrected chi connectivity index (χ2v) is 6.34. The molecule has 0 bridgehead atoms. The summed E-state index contributed by atoms with van der Waals surface area (Å²) in [5, 5.41) is 1.03. The number of hydrogen-bond acceptors (Lipinski definition) is 4. The van der Waals surface area contributed by atoms with E-state index in [4.69, 9.17) is 4.98 Å². The lowest BCUT2D eigenvalue weighted by atomic mass is 9.91. The van der Waals surface area contributed by atoms with E-state index in [1.54, 1.807) is 17.5 Å². The first-order valence-corrected chi connectivity index (χ1v) is 6.98. The van der Waals surface area contributed by atoms with E-state index in [2.05, 4.69) is 38.4 Å². The van der Waals surface area contributed by atoms with Crippen LogP contribution < -0.4 is 0 Å². The Bertz CT molecular complexity index is 498. The molecule has 0 amide bonds. The van der Waals surface area contributed by atoms with E-state index >= 15 is 0 Å². The molecule has 2 aromatic rings. The molecule has 0 saturated heterocycles. The topological polar surface area (TPSA) is 25.8 Å². The van der Waals surface area contributed by atoms with E-state index < -0.39 is 0 Å². The van der Waals surface area contributed by atoms with Crippen molar-refractivity contribution < 1.29 is 0 Å². The van der Waals surface area contributed by atoms with E-state index in [-0.39, 0.29) is 5.41 Å². The van der Waals surface area contributed by atoms with Gasteiger partial charge < -0.3 is 0 Å². The van der Waals surface area contributed by atoms with Crippen molar-refractivity contribution in [1.82, 2.24) is 9.97 Å². The van der Waals surface area contributed by atoms with Gasteiger partial charge in [0.15, 0.2) is 0 Å². The molecule has 0 aromatic carbocycles. The molecule has 2 aromatic heterocycles. The summed E-state index contributed by atoms with van der Waals surface area (Å²) in [7, 11) is 0. The minimum Gasteiger partial charge on any atom is -0.264 e. The van der Waals surface area contributed by atoms with E-state index in [9.17, 15) is 0 Å². The summed E-state index contributed by atoms with van der Waals surface area (Å²) in [5.74, 6) is 0.741. The van der Waals surface area contributed by atoms with Crippen LogP contribution in [0.3, 0.4) is 0 Å². The first-order chi connectivity index (χ1) is 8.02. The lowest BCUT2D eigenvalue weighted by Crippen LogP contribution is -2.13. The van der Waals surface area contributed by atoms with Crippen LogP contribution >= 0.6 is 24.0 Å². The van der Waals surface area contributed by atoms with Crippen LogP contribution in [0.15, 0.2) is 24.5 Å². The van der Waals surface area contributed by atoms with Gasteiger partial charge in [-0.2, -0.15) is 12.6 Å². The number of thiazole rings is 1. The van der Waals surface area contributed by atoms with Crippen molar-refractivity contribution in [2.24, 2.45) is 0 Å². The van der Waals surface area contributed by atoms with Gasteiger partial charge in [0.2, 0.25) is 0 Å². The summed E-state index contributed by atoms with van der Waals surface area (Å²) in [6.45, 7) is 6.55. The van der Waals surface area contributed by atoms with Gasteiger partial charge in [-0.3, -0.25) is 4.98 Å². The van der Waals surface area contributed by atoms with Gasteiger partial charge in [-0.25, -0.2) is 4.98 Å². The van der Waals surface area contributed by atoms with Gasteiger partial charge in [0.1, 0.15) is 5.01 Å². The Morgan fingerprint density at radius 3 is 2.59 bits per heavy atom. The monoisotopic (exact) mass is 264 g/mol. The molecule has 0 radical (unpaired) electrons. The highest BCUT2D eigenvalue weighted by Crippen LogP contribution is 2.34. The molecule has 0 saturated carbocycles. The van der Waals surface area contributed by atoms with Crippen LogP contribution in [-0.2, 0) is 11.2 Å². The second-order valence-electron chi connectivity index (χ2n) is 4.94. The standard InChI is InChI=1S/C13H16N2S2/c1-13(2,3)11-10(8-16)17-12(15-11)9-5-4-6-14-7-9/h4-7,16H,8H2,1-3H3. The number of nitrogens with zero attached hydrogens (tertiary/aromatic N) is 2. The van der Waals surface area contributed by atoms with Crippen molar-refractivity contribution in [3.63, 3.8) is 0 Å². The average molecular weight is 264 g/mol. The molecule has 0 unspecified atom stereocenters. The average Bonchev–Trinajstić information content (AvgIpc) is 2.74. The molecule has 0 N–H and O–H groups in total. The molecule has 2 nitrogen and oxygen atoms in total. The zero-order valence-corrected chi connectivity index (χ0v) is 12.0. The largest absolute Gasteiger partial charge is 0.264 e. The zero-order chi connectivity index (χ0) is 12.5. The number of thiol groups is 1. The number of aromatic nitrogens is 2. The summed E-state index contributed by atoms with van der Waals surface area (Å²) >= 11 is 6.10. The third-order valence-corrected chi connectivity index (χ3v) is 4.09. The van der Waals surface area contributed by atoms with Gasteiger partial charge >= 0.3 is 0 Å². The highest BCUT2D eigenvalue weighted by molar-refractivity contribution is 7.79. The van der Waals surface area contributed by atoms with E-state index in [1.807, 2.05) is 18.3 Å². The van der Waals surface area contributed by atoms with Gasteiger partial charge in [0.05, 0.1) is 5.69 Å². The lowest BCUT2D eigenvalue weighted by Gasteiger charge is -2.16. The molecule has 0 spiro atoms.